The van der Waals surface area contributed by atoms with Crippen molar-refractivity contribution in [3.63, 3.8) is 0 Å². The summed E-state index contributed by atoms with van der Waals surface area (Å²) >= 11 is 0. The average molecular weight is 294 g/mol. The Labute approximate surface area is 122 Å². The van der Waals surface area contributed by atoms with Crippen molar-refractivity contribution in [2.75, 3.05) is 19.8 Å². The van der Waals surface area contributed by atoms with Crippen LogP contribution in [0.4, 0.5) is 0 Å². The Morgan fingerprint density at radius 2 is 1.81 bits per heavy atom. The third kappa shape index (κ3) is 7.07. The summed E-state index contributed by atoms with van der Waals surface area (Å²) in [4.78, 5) is 34.6. The molecule has 114 valence electrons. The molecule has 7 heteroatoms. The second-order valence-electron chi connectivity index (χ2n) is 4.40. The zero-order valence-electron chi connectivity index (χ0n) is 11.5. The van der Waals surface area contributed by atoms with Crippen molar-refractivity contribution in [3.8, 4) is 0 Å². The van der Waals surface area contributed by atoms with Crippen LogP contribution in [0.3, 0.4) is 0 Å². The van der Waals surface area contributed by atoms with Gasteiger partial charge >= 0.3 is 5.97 Å². The van der Waals surface area contributed by atoms with E-state index >= 15 is 0 Å². The van der Waals surface area contributed by atoms with Gasteiger partial charge in [0.15, 0.2) is 0 Å². The summed E-state index contributed by atoms with van der Waals surface area (Å²) in [6.07, 6.45) is 0.0392. The number of benzene rings is 1. The van der Waals surface area contributed by atoms with Gasteiger partial charge in [0, 0.05) is 19.5 Å². The van der Waals surface area contributed by atoms with Gasteiger partial charge in [0.2, 0.25) is 11.8 Å². The van der Waals surface area contributed by atoms with Crippen molar-refractivity contribution >= 4 is 17.8 Å². The Morgan fingerprint density at radius 3 is 2.38 bits per heavy atom. The molecule has 0 saturated heterocycles. The fraction of sp³-hybridized carbons (Fsp3) is 0.357. The molecule has 0 saturated carbocycles. The van der Waals surface area contributed by atoms with E-state index in [1.54, 1.807) is 0 Å². The molecule has 0 aliphatic rings. The molecule has 0 aliphatic carbocycles. The SMILES string of the molecule is NC(=O)CCN(Cc1ccccc1)C(=O)COCC(=O)O. The maximum Gasteiger partial charge on any atom is 0.329 e. The van der Waals surface area contributed by atoms with Crippen LogP contribution in [-0.2, 0) is 25.7 Å². The van der Waals surface area contributed by atoms with Crippen molar-refractivity contribution in [1.29, 1.82) is 0 Å². The van der Waals surface area contributed by atoms with Gasteiger partial charge in [-0.1, -0.05) is 30.3 Å². The number of carbonyl (C=O) groups is 3. The summed E-state index contributed by atoms with van der Waals surface area (Å²) in [5.74, 6) is -2.04. The molecule has 0 heterocycles. The van der Waals surface area contributed by atoms with Crippen LogP contribution in [0.5, 0.6) is 0 Å². The van der Waals surface area contributed by atoms with Gasteiger partial charge in [0.1, 0.15) is 13.2 Å². The molecule has 3 N–H and O–H groups in total. The van der Waals surface area contributed by atoms with Crippen molar-refractivity contribution in [2.45, 2.75) is 13.0 Å². The summed E-state index contributed by atoms with van der Waals surface area (Å²) in [6.45, 7) is -0.415. The normalized spacial score (nSPS) is 10.1. The second kappa shape index (κ2) is 8.70. The number of carboxylic acid groups (broad SMARTS) is 1. The smallest absolute Gasteiger partial charge is 0.329 e. The first-order valence-electron chi connectivity index (χ1n) is 6.38. The van der Waals surface area contributed by atoms with Crippen LogP contribution in [-0.4, -0.2) is 47.5 Å². The molecule has 0 aromatic heterocycles. The molecule has 1 rings (SSSR count). The van der Waals surface area contributed by atoms with E-state index < -0.39 is 18.5 Å². The first-order chi connectivity index (χ1) is 9.99. The Kier molecular flexibility index (Phi) is 6.90. The van der Waals surface area contributed by atoms with Gasteiger partial charge in [0.25, 0.3) is 0 Å². The van der Waals surface area contributed by atoms with Crippen molar-refractivity contribution in [1.82, 2.24) is 4.90 Å². The monoisotopic (exact) mass is 294 g/mol. The molecule has 0 bridgehead atoms. The number of hydrogen-bond donors (Lipinski definition) is 2. The van der Waals surface area contributed by atoms with Crippen LogP contribution in [0, 0.1) is 0 Å². The Bertz CT molecular complexity index is 489. The maximum atomic E-state index is 12.0. The Morgan fingerprint density at radius 1 is 1.14 bits per heavy atom. The molecular formula is C14H18N2O5. The van der Waals surface area contributed by atoms with Crippen LogP contribution < -0.4 is 5.73 Å². The molecule has 21 heavy (non-hydrogen) atoms. The number of carbonyl (C=O) groups excluding carboxylic acids is 2. The van der Waals surface area contributed by atoms with E-state index in [0.717, 1.165) is 5.56 Å². The lowest BCUT2D eigenvalue weighted by Crippen LogP contribution is -2.36. The van der Waals surface area contributed by atoms with E-state index in [9.17, 15) is 14.4 Å². The van der Waals surface area contributed by atoms with Crippen LogP contribution in [0.2, 0.25) is 0 Å². The van der Waals surface area contributed by atoms with Crippen LogP contribution in [0.25, 0.3) is 0 Å². The lowest BCUT2D eigenvalue weighted by Gasteiger charge is -2.22. The largest absolute Gasteiger partial charge is 0.480 e. The molecule has 0 radical (unpaired) electrons. The summed E-state index contributed by atoms with van der Waals surface area (Å²) < 4.78 is 4.78. The summed E-state index contributed by atoms with van der Waals surface area (Å²) in [5, 5.41) is 8.47. The molecule has 0 aliphatic heterocycles. The van der Waals surface area contributed by atoms with E-state index in [-0.39, 0.29) is 25.5 Å². The minimum Gasteiger partial charge on any atom is -0.480 e. The topological polar surface area (TPSA) is 110 Å². The first kappa shape index (κ1) is 16.6. The highest BCUT2D eigenvalue weighted by Gasteiger charge is 2.15. The van der Waals surface area contributed by atoms with Crippen LogP contribution in [0.15, 0.2) is 30.3 Å². The zero-order chi connectivity index (χ0) is 15.7. The lowest BCUT2D eigenvalue weighted by molar-refractivity contribution is -0.146. The van der Waals surface area contributed by atoms with Gasteiger partial charge in [-0.25, -0.2) is 4.79 Å². The molecule has 0 spiro atoms. The minimum absolute atomic E-state index is 0.0392. The van der Waals surface area contributed by atoms with Crippen molar-refractivity contribution < 1.29 is 24.2 Å². The maximum absolute atomic E-state index is 12.0. The number of amides is 2. The van der Waals surface area contributed by atoms with Crippen molar-refractivity contribution in [2.24, 2.45) is 5.73 Å². The van der Waals surface area contributed by atoms with Gasteiger partial charge < -0.3 is 20.5 Å². The first-order valence-corrected chi connectivity index (χ1v) is 6.38. The van der Waals surface area contributed by atoms with E-state index in [0.29, 0.717) is 6.54 Å². The number of carboxylic acids is 1. The second-order valence-corrected chi connectivity index (χ2v) is 4.40. The average Bonchev–Trinajstić information content (AvgIpc) is 2.43. The quantitative estimate of drug-likeness (QED) is 0.665. The van der Waals surface area contributed by atoms with Gasteiger partial charge in [-0.15, -0.1) is 0 Å². The number of aliphatic carboxylic acids is 1. The molecule has 1 aromatic carbocycles. The highest BCUT2D eigenvalue weighted by molar-refractivity contribution is 5.79. The Hall–Kier alpha value is -2.41. The Balaban J connectivity index is 2.60. The van der Waals surface area contributed by atoms with E-state index in [2.05, 4.69) is 0 Å². The molecule has 7 nitrogen and oxygen atoms in total. The van der Waals surface area contributed by atoms with E-state index in [1.807, 2.05) is 30.3 Å². The number of primary amides is 1. The predicted octanol–water partition coefficient (Wildman–Crippen LogP) is -0.00820. The number of rotatable bonds is 9. The van der Waals surface area contributed by atoms with Crippen molar-refractivity contribution in [3.05, 3.63) is 35.9 Å². The summed E-state index contributed by atoms with van der Waals surface area (Å²) in [7, 11) is 0. The van der Waals surface area contributed by atoms with Gasteiger partial charge in [0.05, 0.1) is 0 Å². The summed E-state index contributed by atoms with van der Waals surface area (Å²) in [6, 6.07) is 9.24. The number of nitrogens with two attached hydrogens (primary N) is 1. The fourth-order valence-electron chi connectivity index (χ4n) is 1.66. The van der Waals surface area contributed by atoms with Crippen LogP contribution >= 0.6 is 0 Å². The van der Waals surface area contributed by atoms with Gasteiger partial charge in [-0.2, -0.15) is 0 Å². The number of nitrogens with zero attached hydrogens (tertiary/aromatic N) is 1. The molecule has 2 amide bonds. The highest BCUT2D eigenvalue weighted by atomic mass is 16.5. The van der Waals surface area contributed by atoms with Gasteiger partial charge in [-0.3, -0.25) is 9.59 Å². The number of hydrogen-bond acceptors (Lipinski definition) is 4. The van der Waals surface area contributed by atoms with Gasteiger partial charge in [-0.05, 0) is 5.56 Å². The molecule has 1 aromatic rings. The third-order valence-electron chi connectivity index (χ3n) is 2.65. The molecule has 0 atom stereocenters. The molecular weight excluding hydrogens is 276 g/mol. The van der Waals surface area contributed by atoms with E-state index in [1.165, 1.54) is 4.90 Å². The molecule has 0 unspecified atom stereocenters. The lowest BCUT2D eigenvalue weighted by atomic mass is 10.2. The standard InChI is InChI=1S/C14H18N2O5/c15-12(17)6-7-16(8-11-4-2-1-3-5-11)13(18)9-21-10-14(19)20/h1-5H,6-10H2,(H2,15,17)(H,19,20). The van der Waals surface area contributed by atoms with Crippen LogP contribution in [0.1, 0.15) is 12.0 Å². The zero-order valence-corrected chi connectivity index (χ0v) is 11.5. The summed E-state index contributed by atoms with van der Waals surface area (Å²) in [5.41, 5.74) is 5.99. The number of ether oxygens (including phenoxy) is 1. The fourth-order valence-corrected chi connectivity index (χ4v) is 1.66. The predicted molar refractivity (Wildman–Crippen MR) is 74.1 cm³/mol. The minimum atomic E-state index is -1.14. The highest BCUT2D eigenvalue weighted by Crippen LogP contribution is 2.06. The molecule has 0 fully saturated rings. The third-order valence-corrected chi connectivity index (χ3v) is 2.65. The van der Waals surface area contributed by atoms with E-state index in [4.69, 9.17) is 15.6 Å².